The number of piperidine rings is 1. The van der Waals surface area contributed by atoms with Crippen molar-refractivity contribution in [3.8, 4) is 0 Å². The van der Waals surface area contributed by atoms with Crippen LogP contribution in [0.25, 0.3) is 0 Å². The molecule has 0 saturated carbocycles. The molecule has 2 atom stereocenters. The molecular weight excluding hydrogens is 286 g/mol. The van der Waals surface area contributed by atoms with Crippen molar-refractivity contribution in [1.82, 2.24) is 4.90 Å². The number of hydrogen-bond acceptors (Lipinski definition) is 3. The smallest absolute Gasteiger partial charge is 0.308 e. The predicted octanol–water partition coefficient (Wildman–Crippen LogP) is 2.34. The summed E-state index contributed by atoms with van der Waals surface area (Å²) in [6, 6.07) is 8.10. The van der Waals surface area contributed by atoms with E-state index in [1.807, 2.05) is 18.2 Å². The van der Waals surface area contributed by atoms with E-state index in [2.05, 4.69) is 6.07 Å². The van der Waals surface area contributed by atoms with Crippen LogP contribution in [0.4, 0.5) is 0 Å². The Labute approximate surface area is 128 Å². The van der Waals surface area contributed by atoms with Crippen molar-refractivity contribution < 1.29 is 14.7 Å². The second-order valence-corrected chi connectivity index (χ2v) is 6.87. The van der Waals surface area contributed by atoms with Crippen molar-refractivity contribution >= 4 is 23.6 Å². The predicted molar refractivity (Wildman–Crippen MR) is 82.3 cm³/mol. The molecule has 1 N–H and O–H groups in total. The number of amides is 1. The summed E-state index contributed by atoms with van der Waals surface area (Å²) in [7, 11) is 0. The Bertz CT molecular complexity index is 560. The van der Waals surface area contributed by atoms with Crippen LogP contribution < -0.4 is 0 Å². The van der Waals surface area contributed by atoms with Crippen molar-refractivity contribution in [2.45, 2.75) is 24.5 Å². The summed E-state index contributed by atoms with van der Waals surface area (Å²) < 4.78 is 0. The zero-order valence-electron chi connectivity index (χ0n) is 11.8. The normalized spacial score (nSPS) is 25.2. The van der Waals surface area contributed by atoms with E-state index in [-0.39, 0.29) is 11.2 Å². The number of rotatable bonds is 2. The van der Waals surface area contributed by atoms with Crippen LogP contribution in [-0.2, 0) is 16.0 Å². The molecule has 0 aromatic heterocycles. The van der Waals surface area contributed by atoms with Gasteiger partial charge in [-0.3, -0.25) is 9.59 Å². The van der Waals surface area contributed by atoms with E-state index in [1.54, 1.807) is 16.7 Å². The number of nitrogens with zero attached hydrogens (tertiary/aromatic N) is 1. The van der Waals surface area contributed by atoms with Gasteiger partial charge >= 0.3 is 5.97 Å². The molecule has 0 unspecified atom stereocenters. The van der Waals surface area contributed by atoms with Gasteiger partial charge in [-0.15, -0.1) is 11.8 Å². The van der Waals surface area contributed by atoms with Gasteiger partial charge in [0.25, 0.3) is 0 Å². The molecule has 1 amide bonds. The summed E-state index contributed by atoms with van der Waals surface area (Å²) in [5.74, 6) is -0.169. The van der Waals surface area contributed by atoms with Gasteiger partial charge in [-0.05, 0) is 36.1 Å². The lowest BCUT2D eigenvalue weighted by Gasteiger charge is -2.35. The minimum absolute atomic E-state index is 0.0816. The number of aryl methyl sites for hydroxylation is 1. The highest BCUT2D eigenvalue weighted by atomic mass is 32.2. The Morgan fingerprint density at radius 2 is 2.10 bits per heavy atom. The molecule has 3 rings (SSSR count). The Hall–Kier alpha value is -1.49. The number of carboxylic acid groups (broad SMARTS) is 1. The van der Waals surface area contributed by atoms with Gasteiger partial charge < -0.3 is 10.0 Å². The standard InChI is InChI=1S/C16H19NO3S/c18-15(17-8-3-5-12(10-17)16(19)20)14-13-6-2-1-4-11(13)7-9-21-14/h1-2,4,6,12,14H,3,5,7-10H2,(H,19,20)/t12-,14+/m1/s1. The van der Waals surface area contributed by atoms with Gasteiger partial charge in [0.1, 0.15) is 5.25 Å². The highest BCUT2D eigenvalue weighted by molar-refractivity contribution is 8.00. The molecule has 1 aromatic carbocycles. The molecule has 21 heavy (non-hydrogen) atoms. The first-order chi connectivity index (χ1) is 10.2. The monoisotopic (exact) mass is 305 g/mol. The van der Waals surface area contributed by atoms with Crippen LogP contribution in [0.5, 0.6) is 0 Å². The van der Waals surface area contributed by atoms with Crippen molar-refractivity contribution in [3.63, 3.8) is 0 Å². The van der Waals surface area contributed by atoms with E-state index in [0.717, 1.165) is 24.2 Å². The lowest BCUT2D eigenvalue weighted by Crippen LogP contribution is -2.44. The summed E-state index contributed by atoms with van der Waals surface area (Å²) in [6.45, 7) is 1.04. The lowest BCUT2D eigenvalue weighted by atomic mass is 9.96. The van der Waals surface area contributed by atoms with E-state index >= 15 is 0 Å². The molecule has 1 saturated heterocycles. The quantitative estimate of drug-likeness (QED) is 0.911. The fourth-order valence-electron chi connectivity index (χ4n) is 3.14. The van der Waals surface area contributed by atoms with Gasteiger partial charge in [-0.1, -0.05) is 24.3 Å². The maximum Gasteiger partial charge on any atom is 0.308 e. The number of hydrogen-bond donors (Lipinski definition) is 1. The van der Waals surface area contributed by atoms with Gasteiger partial charge in [-0.2, -0.15) is 0 Å². The van der Waals surface area contributed by atoms with E-state index in [1.165, 1.54) is 5.56 Å². The average molecular weight is 305 g/mol. The van der Waals surface area contributed by atoms with E-state index in [4.69, 9.17) is 5.11 Å². The Morgan fingerprint density at radius 3 is 2.90 bits per heavy atom. The SMILES string of the molecule is O=C(O)[C@@H]1CCCN(C(=O)[C@H]2SCCc3ccccc32)C1. The van der Waals surface area contributed by atoms with Gasteiger partial charge in [-0.25, -0.2) is 0 Å². The molecule has 1 fully saturated rings. The molecule has 0 spiro atoms. The van der Waals surface area contributed by atoms with Crippen molar-refractivity contribution in [3.05, 3.63) is 35.4 Å². The summed E-state index contributed by atoms with van der Waals surface area (Å²) in [6.07, 6.45) is 2.46. The lowest BCUT2D eigenvalue weighted by molar-refractivity contribution is -0.145. The first-order valence-electron chi connectivity index (χ1n) is 7.38. The molecule has 2 aliphatic heterocycles. The van der Waals surface area contributed by atoms with Crippen LogP contribution >= 0.6 is 11.8 Å². The fraction of sp³-hybridized carbons (Fsp3) is 0.500. The largest absolute Gasteiger partial charge is 0.481 e. The topological polar surface area (TPSA) is 57.6 Å². The second-order valence-electron chi connectivity index (χ2n) is 5.66. The number of carbonyl (C=O) groups excluding carboxylic acids is 1. The summed E-state index contributed by atoms with van der Waals surface area (Å²) in [5.41, 5.74) is 2.36. The molecule has 4 nitrogen and oxygen atoms in total. The number of aliphatic carboxylic acids is 1. The highest BCUT2D eigenvalue weighted by Crippen LogP contribution is 2.38. The molecule has 112 valence electrons. The van der Waals surface area contributed by atoms with Crippen LogP contribution in [0.15, 0.2) is 24.3 Å². The maximum atomic E-state index is 12.8. The van der Waals surface area contributed by atoms with Crippen LogP contribution in [0.2, 0.25) is 0 Å². The molecule has 0 radical (unpaired) electrons. The zero-order valence-corrected chi connectivity index (χ0v) is 12.6. The number of fused-ring (bicyclic) bond motifs is 1. The van der Waals surface area contributed by atoms with Gasteiger partial charge in [0.15, 0.2) is 0 Å². The van der Waals surface area contributed by atoms with E-state index in [0.29, 0.717) is 19.5 Å². The Balaban J connectivity index is 1.78. The van der Waals surface area contributed by atoms with Crippen LogP contribution in [0, 0.1) is 5.92 Å². The fourth-order valence-corrected chi connectivity index (χ4v) is 4.42. The molecule has 0 bridgehead atoms. The average Bonchev–Trinajstić information content (AvgIpc) is 2.53. The van der Waals surface area contributed by atoms with Crippen LogP contribution in [0.3, 0.4) is 0 Å². The molecular formula is C16H19NO3S. The molecule has 2 heterocycles. The van der Waals surface area contributed by atoms with Gasteiger partial charge in [0, 0.05) is 13.1 Å². The first kappa shape index (κ1) is 14.4. The number of benzene rings is 1. The van der Waals surface area contributed by atoms with Gasteiger partial charge in [0.2, 0.25) is 5.91 Å². The zero-order chi connectivity index (χ0) is 14.8. The molecule has 5 heteroatoms. The summed E-state index contributed by atoms with van der Waals surface area (Å²) in [4.78, 5) is 25.7. The van der Waals surface area contributed by atoms with Gasteiger partial charge in [0.05, 0.1) is 5.92 Å². The minimum Gasteiger partial charge on any atom is -0.481 e. The van der Waals surface area contributed by atoms with Crippen molar-refractivity contribution in [1.29, 1.82) is 0 Å². The second kappa shape index (κ2) is 6.10. The first-order valence-corrected chi connectivity index (χ1v) is 8.42. The van der Waals surface area contributed by atoms with Crippen LogP contribution in [-0.4, -0.2) is 40.7 Å². The maximum absolute atomic E-state index is 12.8. The van der Waals surface area contributed by atoms with E-state index in [9.17, 15) is 9.59 Å². The minimum atomic E-state index is -0.788. The Kier molecular flexibility index (Phi) is 4.19. The number of thioether (sulfide) groups is 1. The van der Waals surface area contributed by atoms with Crippen molar-refractivity contribution in [2.24, 2.45) is 5.92 Å². The third-order valence-electron chi connectivity index (χ3n) is 4.30. The number of carbonyl (C=O) groups is 2. The molecule has 1 aromatic rings. The highest BCUT2D eigenvalue weighted by Gasteiger charge is 2.34. The third-order valence-corrected chi connectivity index (χ3v) is 5.53. The molecule has 2 aliphatic rings. The molecule has 0 aliphatic carbocycles. The summed E-state index contributed by atoms with van der Waals surface area (Å²) in [5, 5.41) is 9.00. The van der Waals surface area contributed by atoms with E-state index < -0.39 is 11.9 Å². The number of likely N-dealkylation sites (tertiary alicyclic amines) is 1. The summed E-state index contributed by atoms with van der Waals surface area (Å²) >= 11 is 1.68. The third kappa shape index (κ3) is 2.93. The Morgan fingerprint density at radius 1 is 1.29 bits per heavy atom. The van der Waals surface area contributed by atoms with Crippen LogP contribution in [0.1, 0.15) is 29.2 Å². The number of carboxylic acids is 1. The van der Waals surface area contributed by atoms with Crippen molar-refractivity contribution in [2.75, 3.05) is 18.8 Å².